The van der Waals surface area contributed by atoms with Gasteiger partial charge in [0.05, 0.1) is 40.5 Å². The van der Waals surface area contributed by atoms with E-state index >= 15 is 0 Å². The number of halogens is 3. The lowest BCUT2D eigenvalue weighted by Crippen LogP contribution is -2.37. The molecule has 1 aliphatic heterocycles. The van der Waals surface area contributed by atoms with E-state index in [2.05, 4.69) is 32.2 Å². The van der Waals surface area contributed by atoms with Crippen LogP contribution in [0.3, 0.4) is 0 Å². The number of aryl methyl sites for hydroxylation is 1. The second kappa shape index (κ2) is 9.00. The zero-order valence-corrected chi connectivity index (χ0v) is 19.7. The molecule has 1 aromatic heterocycles. The van der Waals surface area contributed by atoms with Gasteiger partial charge in [-0.2, -0.15) is 5.26 Å². The number of hydrogen-bond acceptors (Lipinski definition) is 5. The van der Waals surface area contributed by atoms with Crippen molar-refractivity contribution in [3.05, 3.63) is 62.6 Å². The number of fused-ring (bicyclic) bond motifs is 1. The maximum atomic E-state index is 14.0. The highest BCUT2D eigenvalue weighted by Gasteiger charge is 2.23. The number of rotatable bonds is 4. The Morgan fingerprint density at radius 2 is 1.94 bits per heavy atom. The Hall–Kier alpha value is -2.76. The predicted octanol–water partition coefficient (Wildman–Crippen LogP) is 5.77. The average molecular weight is 501 g/mol. The Balaban J connectivity index is 1.85. The largest absolute Gasteiger partial charge is 0.378 e. The molecule has 166 valence electrons. The highest BCUT2D eigenvalue weighted by atomic mass is 79.9. The van der Waals surface area contributed by atoms with Gasteiger partial charge < -0.3 is 15.0 Å². The molecule has 1 aliphatic rings. The van der Waals surface area contributed by atoms with Crippen molar-refractivity contribution in [2.75, 3.05) is 36.5 Å². The zero-order chi connectivity index (χ0) is 23.0. The van der Waals surface area contributed by atoms with Crippen molar-refractivity contribution in [3.8, 4) is 6.07 Å². The molecular weight excluding hydrogens is 478 g/mol. The van der Waals surface area contributed by atoms with E-state index < -0.39 is 11.6 Å². The van der Waals surface area contributed by atoms with Gasteiger partial charge in [0.25, 0.3) is 0 Å². The fourth-order valence-electron chi connectivity index (χ4n) is 4.13. The Morgan fingerprint density at radius 3 is 2.62 bits per heavy atom. The summed E-state index contributed by atoms with van der Waals surface area (Å²) in [6, 6.07) is 8.66. The summed E-state index contributed by atoms with van der Waals surface area (Å²) in [6.07, 6.45) is 0. The van der Waals surface area contributed by atoms with Crippen molar-refractivity contribution in [1.82, 2.24) is 4.98 Å². The number of nitriles is 1. The number of hydrogen-bond donors (Lipinski definition) is 1. The molecule has 1 N–H and O–H groups in total. The first-order valence-corrected chi connectivity index (χ1v) is 11.2. The third-order valence-electron chi connectivity index (χ3n) is 5.78. The summed E-state index contributed by atoms with van der Waals surface area (Å²) in [4.78, 5) is 7.14. The lowest BCUT2D eigenvalue weighted by Gasteiger charge is -2.30. The van der Waals surface area contributed by atoms with Crippen LogP contribution in [-0.4, -0.2) is 31.3 Å². The quantitative estimate of drug-likeness (QED) is 0.460. The Labute approximate surface area is 194 Å². The molecule has 8 heteroatoms. The molecule has 0 saturated carbocycles. The van der Waals surface area contributed by atoms with Gasteiger partial charge in [-0.25, -0.2) is 13.8 Å². The van der Waals surface area contributed by atoms with E-state index in [1.807, 2.05) is 32.9 Å². The molecule has 32 heavy (non-hydrogen) atoms. The van der Waals surface area contributed by atoms with E-state index in [4.69, 9.17) is 9.72 Å². The Bertz CT molecular complexity index is 1240. The van der Waals surface area contributed by atoms with E-state index in [-0.39, 0.29) is 10.5 Å². The topological polar surface area (TPSA) is 61.2 Å². The van der Waals surface area contributed by atoms with Gasteiger partial charge in [0.15, 0.2) is 11.6 Å². The smallest absolute Gasteiger partial charge is 0.175 e. The number of morpholine rings is 1. The summed E-state index contributed by atoms with van der Waals surface area (Å²) >= 11 is 3.14. The summed E-state index contributed by atoms with van der Waals surface area (Å²) in [6.45, 7) is 8.48. The van der Waals surface area contributed by atoms with Crippen LogP contribution in [0.25, 0.3) is 10.9 Å². The fraction of sp³-hybridized carbons (Fsp3) is 0.333. The lowest BCUT2D eigenvalue weighted by atomic mass is 9.95. The first kappa shape index (κ1) is 22.4. The first-order valence-electron chi connectivity index (χ1n) is 10.4. The third kappa shape index (κ3) is 4.03. The van der Waals surface area contributed by atoms with Crippen LogP contribution in [-0.2, 0) is 4.74 Å². The van der Waals surface area contributed by atoms with Gasteiger partial charge in [-0.05, 0) is 60.5 Å². The van der Waals surface area contributed by atoms with Crippen molar-refractivity contribution in [1.29, 1.82) is 5.26 Å². The molecule has 1 unspecified atom stereocenters. The molecular formula is C24H23BrF2N4O. The molecule has 1 saturated heterocycles. The van der Waals surface area contributed by atoms with Crippen molar-refractivity contribution in [2.45, 2.75) is 26.8 Å². The van der Waals surface area contributed by atoms with Gasteiger partial charge in [0.2, 0.25) is 0 Å². The van der Waals surface area contributed by atoms with Crippen LogP contribution in [0.1, 0.15) is 35.2 Å². The summed E-state index contributed by atoms with van der Waals surface area (Å²) < 4.78 is 33.1. The van der Waals surface area contributed by atoms with Crippen LogP contribution in [0, 0.1) is 36.8 Å². The molecule has 1 fully saturated rings. The SMILES string of the molecule is Cc1cc(C(C)Nc2ccc(F)c(F)c2Br)c2nc(N3CCOCC3)c(C)c(C#N)c2c1. The van der Waals surface area contributed by atoms with E-state index in [9.17, 15) is 14.0 Å². The molecule has 0 radical (unpaired) electrons. The van der Waals surface area contributed by atoms with Crippen LogP contribution < -0.4 is 10.2 Å². The molecule has 2 heterocycles. The van der Waals surface area contributed by atoms with Gasteiger partial charge in [-0.15, -0.1) is 0 Å². The van der Waals surface area contributed by atoms with Crippen molar-refractivity contribution >= 4 is 38.3 Å². The molecule has 2 aromatic carbocycles. The second-order valence-electron chi connectivity index (χ2n) is 7.99. The van der Waals surface area contributed by atoms with Gasteiger partial charge in [0.1, 0.15) is 11.9 Å². The Kier molecular flexibility index (Phi) is 6.31. The summed E-state index contributed by atoms with van der Waals surface area (Å²) in [5.41, 5.74) is 4.47. The van der Waals surface area contributed by atoms with Gasteiger partial charge in [0, 0.05) is 29.6 Å². The summed E-state index contributed by atoms with van der Waals surface area (Å²) in [5, 5.41) is 14.0. The molecule has 0 bridgehead atoms. The second-order valence-corrected chi connectivity index (χ2v) is 8.78. The van der Waals surface area contributed by atoms with Crippen LogP contribution in [0.4, 0.5) is 20.3 Å². The molecule has 0 amide bonds. The molecule has 3 aromatic rings. The molecule has 0 spiro atoms. The number of benzene rings is 2. The number of nitrogens with one attached hydrogen (secondary N) is 1. The third-order valence-corrected chi connectivity index (χ3v) is 6.55. The summed E-state index contributed by atoms with van der Waals surface area (Å²) in [7, 11) is 0. The predicted molar refractivity (Wildman–Crippen MR) is 125 cm³/mol. The summed E-state index contributed by atoms with van der Waals surface area (Å²) in [5.74, 6) is -1.07. The fourth-order valence-corrected chi connectivity index (χ4v) is 4.57. The van der Waals surface area contributed by atoms with Crippen LogP contribution in [0.15, 0.2) is 28.7 Å². The van der Waals surface area contributed by atoms with Crippen LogP contribution in [0.2, 0.25) is 0 Å². The van der Waals surface area contributed by atoms with E-state index in [0.29, 0.717) is 37.6 Å². The minimum Gasteiger partial charge on any atom is -0.378 e. The lowest BCUT2D eigenvalue weighted by molar-refractivity contribution is 0.122. The number of nitrogens with zero attached hydrogens (tertiary/aromatic N) is 3. The van der Waals surface area contributed by atoms with E-state index in [1.165, 1.54) is 6.07 Å². The molecule has 5 nitrogen and oxygen atoms in total. The standard InChI is InChI=1S/C24H23BrF2N4O/c1-13-10-16(15(3)29-20-5-4-19(26)22(27)21(20)25)23-17(11-13)18(12-28)14(2)24(30-23)31-6-8-32-9-7-31/h4-5,10-11,15,29H,6-9H2,1-3H3. The minimum absolute atomic E-state index is 0.0387. The molecule has 1 atom stereocenters. The zero-order valence-electron chi connectivity index (χ0n) is 18.1. The van der Waals surface area contributed by atoms with Crippen LogP contribution >= 0.6 is 15.9 Å². The van der Waals surface area contributed by atoms with Gasteiger partial charge >= 0.3 is 0 Å². The molecule has 0 aliphatic carbocycles. The number of anilines is 2. The Morgan fingerprint density at radius 1 is 1.22 bits per heavy atom. The minimum atomic E-state index is -0.938. The monoisotopic (exact) mass is 500 g/mol. The van der Waals surface area contributed by atoms with E-state index in [1.54, 1.807) is 0 Å². The van der Waals surface area contributed by atoms with Crippen LogP contribution in [0.5, 0.6) is 0 Å². The molecule has 4 rings (SSSR count). The van der Waals surface area contributed by atoms with E-state index in [0.717, 1.165) is 39.5 Å². The van der Waals surface area contributed by atoms with Crippen molar-refractivity contribution in [3.63, 3.8) is 0 Å². The number of ether oxygens (including phenoxy) is 1. The maximum Gasteiger partial charge on any atom is 0.175 e. The number of pyridine rings is 1. The van der Waals surface area contributed by atoms with Crippen molar-refractivity contribution < 1.29 is 13.5 Å². The highest BCUT2D eigenvalue weighted by molar-refractivity contribution is 9.10. The highest BCUT2D eigenvalue weighted by Crippen LogP contribution is 2.36. The number of aromatic nitrogens is 1. The van der Waals surface area contributed by atoms with Gasteiger partial charge in [-0.1, -0.05) is 6.07 Å². The maximum absolute atomic E-state index is 14.0. The first-order chi connectivity index (χ1) is 15.3. The normalized spacial score (nSPS) is 15.0. The van der Waals surface area contributed by atoms with Gasteiger partial charge in [-0.3, -0.25) is 0 Å². The average Bonchev–Trinajstić information content (AvgIpc) is 2.79. The van der Waals surface area contributed by atoms with Crippen molar-refractivity contribution in [2.24, 2.45) is 0 Å².